The summed E-state index contributed by atoms with van der Waals surface area (Å²) in [6.07, 6.45) is -4.48. The number of aromatic nitrogens is 3. The van der Waals surface area contributed by atoms with Gasteiger partial charge in [0, 0.05) is 26.2 Å². The van der Waals surface area contributed by atoms with E-state index < -0.39 is 11.2 Å². The van der Waals surface area contributed by atoms with E-state index in [1.165, 1.54) is 11.3 Å². The number of carbonyl (C=O) groups is 1. The van der Waals surface area contributed by atoms with Gasteiger partial charge in [-0.1, -0.05) is 11.3 Å². The van der Waals surface area contributed by atoms with Crippen LogP contribution < -0.4 is 4.90 Å². The fourth-order valence-electron chi connectivity index (χ4n) is 2.43. The summed E-state index contributed by atoms with van der Waals surface area (Å²) < 4.78 is 37.8. The third kappa shape index (κ3) is 3.36. The molecule has 1 amide bonds. The topological polar surface area (TPSA) is 62.2 Å². The molecule has 130 valence electrons. The van der Waals surface area contributed by atoms with Crippen LogP contribution in [0.5, 0.6) is 0 Å². The van der Waals surface area contributed by atoms with E-state index in [4.69, 9.17) is 0 Å². The van der Waals surface area contributed by atoms with Crippen molar-refractivity contribution in [3.05, 3.63) is 20.6 Å². The number of aryl methyl sites for hydroxylation is 2. The molecule has 1 saturated heterocycles. The minimum absolute atomic E-state index is 0.0778. The van der Waals surface area contributed by atoms with Gasteiger partial charge in [0.25, 0.3) is 5.91 Å². The van der Waals surface area contributed by atoms with Gasteiger partial charge in [0.2, 0.25) is 10.1 Å². The second-order valence-electron chi connectivity index (χ2n) is 5.31. The van der Waals surface area contributed by atoms with E-state index in [1.54, 1.807) is 16.7 Å². The van der Waals surface area contributed by atoms with Crippen molar-refractivity contribution in [2.45, 2.75) is 20.0 Å². The van der Waals surface area contributed by atoms with E-state index in [0.717, 1.165) is 5.01 Å². The van der Waals surface area contributed by atoms with Crippen molar-refractivity contribution >= 4 is 33.7 Å². The second kappa shape index (κ2) is 6.28. The predicted octanol–water partition coefficient (Wildman–Crippen LogP) is 2.59. The fraction of sp³-hybridized carbons (Fsp3) is 0.538. The lowest BCUT2D eigenvalue weighted by molar-refractivity contribution is -0.138. The molecule has 3 rings (SSSR count). The number of amides is 1. The van der Waals surface area contributed by atoms with Crippen LogP contribution in [0.2, 0.25) is 0 Å². The molecule has 0 aliphatic carbocycles. The lowest BCUT2D eigenvalue weighted by Gasteiger charge is -2.34. The molecule has 0 radical (unpaired) electrons. The SMILES string of the molecule is Cc1nc(C)c(C(=O)N2CCN(c3nnc(C(F)(F)F)s3)CC2)s1. The second-order valence-corrected chi connectivity index (χ2v) is 7.47. The van der Waals surface area contributed by atoms with Crippen LogP contribution in [-0.2, 0) is 6.18 Å². The van der Waals surface area contributed by atoms with E-state index >= 15 is 0 Å². The van der Waals surface area contributed by atoms with E-state index in [0.29, 0.717) is 48.1 Å². The Morgan fingerprint density at radius 3 is 2.25 bits per heavy atom. The van der Waals surface area contributed by atoms with Crippen LogP contribution in [0.1, 0.15) is 25.4 Å². The van der Waals surface area contributed by atoms with Gasteiger partial charge >= 0.3 is 6.18 Å². The molecule has 0 N–H and O–H groups in total. The van der Waals surface area contributed by atoms with Crippen LogP contribution in [0.25, 0.3) is 0 Å². The molecule has 1 aliphatic rings. The number of nitrogens with zero attached hydrogens (tertiary/aromatic N) is 5. The predicted molar refractivity (Wildman–Crippen MR) is 84.6 cm³/mol. The summed E-state index contributed by atoms with van der Waals surface area (Å²) in [7, 11) is 0. The molecular formula is C13H14F3N5OS2. The van der Waals surface area contributed by atoms with Crippen molar-refractivity contribution < 1.29 is 18.0 Å². The first-order valence-electron chi connectivity index (χ1n) is 7.14. The van der Waals surface area contributed by atoms with Crippen LogP contribution in [0.15, 0.2) is 0 Å². The van der Waals surface area contributed by atoms with Crippen molar-refractivity contribution in [1.82, 2.24) is 20.1 Å². The summed E-state index contributed by atoms with van der Waals surface area (Å²) in [5, 5.41) is 6.93. The number of alkyl halides is 3. The van der Waals surface area contributed by atoms with Gasteiger partial charge in [-0.05, 0) is 13.8 Å². The van der Waals surface area contributed by atoms with Crippen LogP contribution in [0.3, 0.4) is 0 Å². The highest BCUT2D eigenvalue weighted by atomic mass is 32.1. The van der Waals surface area contributed by atoms with Crippen LogP contribution >= 0.6 is 22.7 Å². The maximum Gasteiger partial charge on any atom is 0.445 e. The highest BCUT2D eigenvalue weighted by molar-refractivity contribution is 7.15. The molecule has 0 atom stereocenters. The average molecular weight is 377 g/mol. The van der Waals surface area contributed by atoms with Crippen molar-refractivity contribution in [1.29, 1.82) is 0 Å². The molecule has 0 saturated carbocycles. The van der Waals surface area contributed by atoms with Crippen LogP contribution in [-0.4, -0.2) is 52.2 Å². The number of hydrogen-bond donors (Lipinski definition) is 0. The first-order valence-corrected chi connectivity index (χ1v) is 8.78. The van der Waals surface area contributed by atoms with Crippen molar-refractivity contribution in [2.24, 2.45) is 0 Å². The number of thiazole rings is 1. The number of piperazine rings is 1. The van der Waals surface area contributed by atoms with Crippen LogP contribution in [0.4, 0.5) is 18.3 Å². The van der Waals surface area contributed by atoms with Gasteiger partial charge in [-0.2, -0.15) is 13.2 Å². The Balaban J connectivity index is 1.64. The molecule has 1 aliphatic heterocycles. The molecule has 24 heavy (non-hydrogen) atoms. The summed E-state index contributed by atoms with van der Waals surface area (Å²) in [4.78, 5) is 20.8. The molecule has 0 bridgehead atoms. The number of rotatable bonds is 2. The maximum atomic E-state index is 12.6. The molecule has 0 aromatic carbocycles. The number of hydrogen-bond acceptors (Lipinski definition) is 7. The molecular weight excluding hydrogens is 363 g/mol. The summed E-state index contributed by atoms with van der Waals surface area (Å²) in [5.74, 6) is -0.0778. The normalized spacial score (nSPS) is 15.9. The maximum absolute atomic E-state index is 12.6. The zero-order valence-electron chi connectivity index (χ0n) is 12.9. The van der Waals surface area contributed by atoms with Gasteiger partial charge in [-0.15, -0.1) is 21.5 Å². The molecule has 6 nitrogen and oxygen atoms in total. The van der Waals surface area contributed by atoms with Gasteiger partial charge in [0.05, 0.1) is 10.7 Å². The summed E-state index contributed by atoms with van der Waals surface area (Å²) in [6.45, 7) is 5.35. The quantitative estimate of drug-likeness (QED) is 0.805. The Morgan fingerprint density at radius 1 is 1.08 bits per heavy atom. The van der Waals surface area contributed by atoms with Gasteiger partial charge in [-0.3, -0.25) is 4.79 Å². The minimum Gasteiger partial charge on any atom is -0.343 e. The average Bonchev–Trinajstić information content (AvgIpc) is 3.13. The monoisotopic (exact) mass is 377 g/mol. The minimum atomic E-state index is -4.48. The molecule has 1 fully saturated rings. The largest absolute Gasteiger partial charge is 0.445 e. The fourth-order valence-corrected chi connectivity index (χ4v) is 4.08. The Hall–Kier alpha value is -1.75. The number of anilines is 1. The van der Waals surface area contributed by atoms with E-state index in [9.17, 15) is 18.0 Å². The van der Waals surface area contributed by atoms with Crippen molar-refractivity contribution in [3.8, 4) is 0 Å². The van der Waals surface area contributed by atoms with Crippen LogP contribution in [0, 0.1) is 13.8 Å². The van der Waals surface area contributed by atoms with E-state index in [2.05, 4.69) is 15.2 Å². The Bertz CT molecular complexity index is 749. The van der Waals surface area contributed by atoms with Gasteiger partial charge < -0.3 is 9.80 Å². The van der Waals surface area contributed by atoms with Gasteiger partial charge in [0.1, 0.15) is 4.88 Å². The van der Waals surface area contributed by atoms with E-state index in [1.807, 2.05) is 6.92 Å². The molecule has 2 aromatic rings. The lowest BCUT2D eigenvalue weighted by atomic mass is 10.3. The van der Waals surface area contributed by atoms with Crippen molar-refractivity contribution in [3.63, 3.8) is 0 Å². The first kappa shape index (κ1) is 17.1. The highest BCUT2D eigenvalue weighted by Crippen LogP contribution is 2.34. The highest BCUT2D eigenvalue weighted by Gasteiger charge is 2.36. The standard InChI is InChI=1S/C13H14F3N5OS2/c1-7-9(23-8(2)17-7)10(22)20-3-5-21(6-4-20)12-19-18-11(24-12)13(14,15)16/h3-6H2,1-2H3. The molecule has 3 heterocycles. The molecule has 2 aromatic heterocycles. The Labute approximate surface area is 143 Å². The summed E-state index contributed by atoms with van der Waals surface area (Å²) in [6, 6.07) is 0. The molecule has 11 heteroatoms. The van der Waals surface area contributed by atoms with Crippen molar-refractivity contribution in [2.75, 3.05) is 31.1 Å². The summed E-state index contributed by atoms with van der Waals surface area (Å²) >= 11 is 1.88. The zero-order valence-corrected chi connectivity index (χ0v) is 14.6. The van der Waals surface area contributed by atoms with Gasteiger partial charge in [0.15, 0.2) is 0 Å². The zero-order chi connectivity index (χ0) is 17.5. The third-order valence-electron chi connectivity index (χ3n) is 3.59. The smallest absolute Gasteiger partial charge is 0.343 e. The third-order valence-corrected chi connectivity index (χ3v) is 5.68. The summed E-state index contributed by atoms with van der Waals surface area (Å²) in [5.41, 5.74) is 0.712. The number of halogens is 3. The number of carbonyl (C=O) groups excluding carboxylic acids is 1. The first-order chi connectivity index (χ1) is 11.3. The lowest BCUT2D eigenvalue weighted by Crippen LogP contribution is -2.48. The Morgan fingerprint density at radius 2 is 1.75 bits per heavy atom. The Kier molecular flexibility index (Phi) is 4.47. The molecule has 0 spiro atoms. The van der Waals surface area contributed by atoms with Gasteiger partial charge in [-0.25, -0.2) is 4.98 Å². The van der Waals surface area contributed by atoms with E-state index in [-0.39, 0.29) is 11.0 Å². The molecule has 0 unspecified atom stereocenters.